The van der Waals surface area contributed by atoms with Crippen molar-refractivity contribution in [2.24, 2.45) is 0 Å². The summed E-state index contributed by atoms with van der Waals surface area (Å²) < 4.78 is 13.2. The van der Waals surface area contributed by atoms with Crippen LogP contribution in [0.5, 0.6) is 11.5 Å². The number of hydrogen-bond donors (Lipinski definition) is 1. The first-order valence-corrected chi connectivity index (χ1v) is 9.88. The molecule has 26 heavy (non-hydrogen) atoms. The number of nitrogens with zero attached hydrogens (tertiary/aromatic N) is 3. The number of carbonyl (C=O) groups excluding carboxylic acids is 1. The molecule has 1 N–H and O–H groups in total. The molecule has 0 bridgehead atoms. The summed E-state index contributed by atoms with van der Waals surface area (Å²) in [6, 6.07) is 5.44. The highest BCUT2D eigenvalue weighted by Gasteiger charge is 2.22. The Balaban J connectivity index is 1.41. The zero-order chi connectivity index (χ0) is 17.9. The highest BCUT2D eigenvalue weighted by Crippen LogP contribution is 2.33. The topological polar surface area (TPSA) is 78.3 Å². The van der Waals surface area contributed by atoms with Gasteiger partial charge < -0.3 is 19.4 Å². The standard InChI is InChI=1S/C18H22N4O3S/c1-12(26-18-21-20-16-5-3-2-4-8-22(16)18)17(23)19-13-6-7-14-15(11-13)25-10-9-24-14/h6-7,11-12H,2-5,8-10H2,1H3,(H,19,23)/t12-/m1/s1. The van der Waals surface area contributed by atoms with Crippen LogP contribution < -0.4 is 14.8 Å². The van der Waals surface area contributed by atoms with E-state index in [2.05, 4.69) is 20.1 Å². The van der Waals surface area contributed by atoms with E-state index in [9.17, 15) is 4.79 Å². The van der Waals surface area contributed by atoms with E-state index in [1.54, 1.807) is 6.07 Å². The predicted molar refractivity (Wildman–Crippen MR) is 99.0 cm³/mol. The fourth-order valence-corrected chi connectivity index (χ4v) is 4.02. The van der Waals surface area contributed by atoms with Gasteiger partial charge in [-0.3, -0.25) is 4.79 Å². The number of anilines is 1. The van der Waals surface area contributed by atoms with E-state index >= 15 is 0 Å². The minimum Gasteiger partial charge on any atom is -0.486 e. The highest BCUT2D eigenvalue weighted by molar-refractivity contribution is 8.00. The number of thioether (sulfide) groups is 1. The average Bonchev–Trinajstić information content (AvgIpc) is 2.88. The Morgan fingerprint density at radius 1 is 1.19 bits per heavy atom. The van der Waals surface area contributed by atoms with Crippen LogP contribution in [-0.2, 0) is 17.8 Å². The number of nitrogens with one attached hydrogen (secondary N) is 1. The molecule has 8 heteroatoms. The van der Waals surface area contributed by atoms with Crippen molar-refractivity contribution in [3.05, 3.63) is 24.0 Å². The van der Waals surface area contributed by atoms with Gasteiger partial charge in [-0.2, -0.15) is 0 Å². The number of aromatic nitrogens is 3. The van der Waals surface area contributed by atoms with Crippen molar-refractivity contribution in [1.29, 1.82) is 0 Å². The Hall–Kier alpha value is -2.22. The molecule has 1 aromatic carbocycles. The van der Waals surface area contributed by atoms with Gasteiger partial charge in [0, 0.05) is 24.7 Å². The molecular weight excluding hydrogens is 352 g/mol. The zero-order valence-electron chi connectivity index (χ0n) is 14.7. The molecule has 1 atom stereocenters. The Kier molecular flexibility index (Phi) is 5.01. The largest absolute Gasteiger partial charge is 0.486 e. The maximum Gasteiger partial charge on any atom is 0.237 e. The van der Waals surface area contributed by atoms with Gasteiger partial charge >= 0.3 is 0 Å². The fourth-order valence-electron chi connectivity index (χ4n) is 3.12. The summed E-state index contributed by atoms with van der Waals surface area (Å²) >= 11 is 1.45. The number of rotatable bonds is 4. The van der Waals surface area contributed by atoms with Crippen LogP contribution in [0.15, 0.2) is 23.4 Å². The molecule has 2 aliphatic rings. The van der Waals surface area contributed by atoms with Crippen LogP contribution in [-0.4, -0.2) is 39.1 Å². The molecule has 138 valence electrons. The van der Waals surface area contributed by atoms with E-state index in [4.69, 9.17) is 9.47 Å². The van der Waals surface area contributed by atoms with Gasteiger partial charge in [0.1, 0.15) is 19.0 Å². The predicted octanol–water partition coefficient (Wildman–Crippen LogP) is 2.90. The lowest BCUT2D eigenvalue weighted by Crippen LogP contribution is -2.23. The number of carbonyl (C=O) groups is 1. The minimum absolute atomic E-state index is 0.0716. The molecule has 0 spiro atoms. The summed E-state index contributed by atoms with van der Waals surface area (Å²) in [4.78, 5) is 12.6. The van der Waals surface area contributed by atoms with Crippen molar-refractivity contribution >= 4 is 23.4 Å². The Morgan fingerprint density at radius 3 is 2.92 bits per heavy atom. The molecule has 0 fully saturated rings. The Morgan fingerprint density at radius 2 is 2.04 bits per heavy atom. The number of amides is 1. The van der Waals surface area contributed by atoms with Crippen LogP contribution in [0.1, 0.15) is 32.0 Å². The molecule has 2 aliphatic heterocycles. The molecule has 3 heterocycles. The molecule has 4 rings (SSSR count). The summed E-state index contributed by atoms with van der Waals surface area (Å²) in [5.41, 5.74) is 0.701. The number of hydrogen-bond acceptors (Lipinski definition) is 6. The molecule has 2 aromatic rings. The summed E-state index contributed by atoms with van der Waals surface area (Å²) in [6.45, 7) is 3.89. The van der Waals surface area contributed by atoms with Crippen molar-refractivity contribution in [3.8, 4) is 11.5 Å². The van der Waals surface area contributed by atoms with Gasteiger partial charge in [0.05, 0.1) is 5.25 Å². The van der Waals surface area contributed by atoms with Gasteiger partial charge in [-0.1, -0.05) is 18.2 Å². The normalized spacial score (nSPS) is 17.1. The van der Waals surface area contributed by atoms with E-state index in [-0.39, 0.29) is 11.2 Å². The van der Waals surface area contributed by atoms with E-state index in [1.165, 1.54) is 18.2 Å². The zero-order valence-corrected chi connectivity index (χ0v) is 15.6. The first kappa shape index (κ1) is 17.2. The highest BCUT2D eigenvalue weighted by atomic mass is 32.2. The van der Waals surface area contributed by atoms with E-state index in [0.717, 1.165) is 36.8 Å². The number of ether oxygens (including phenoxy) is 2. The lowest BCUT2D eigenvalue weighted by atomic mass is 10.2. The Bertz CT molecular complexity index is 808. The van der Waals surface area contributed by atoms with Crippen molar-refractivity contribution in [2.45, 2.75) is 49.6 Å². The first-order chi connectivity index (χ1) is 12.7. The monoisotopic (exact) mass is 374 g/mol. The van der Waals surface area contributed by atoms with Crippen molar-refractivity contribution in [3.63, 3.8) is 0 Å². The van der Waals surface area contributed by atoms with Crippen LogP contribution in [0.2, 0.25) is 0 Å². The molecule has 1 aromatic heterocycles. The summed E-state index contributed by atoms with van der Waals surface area (Å²) in [5, 5.41) is 12.1. The lowest BCUT2D eigenvalue weighted by molar-refractivity contribution is -0.115. The second-order valence-corrected chi connectivity index (χ2v) is 7.78. The van der Waals surface area contributed by atoms with Crippen LogP contribution in [0.25, 0.3) is 0 Å². The van der Waals surface area contributed by atoms with E-state index < -0.39 is 0 Å². The minimum atomic E-state index is -0.278. The second kappa shape index (κ2) is 7.57. The maximum atomic E-state index is 12.6. The Labute approximate surface area is 156 Å². The molecular formula is C18H22N4O3S. The maximum absolute atomic E-state index is 12.6. The van der Waals surface area contributed by atoms with Gasteiger partial charge in [-0.15, -0.1) is 10.2 Å². The van der Waals surface area contributed by atoms with Gasteiger partial charge in [-0.05, 0) is 31.9 Å². The molecule has 0 radical (unpaired) electrons. The lowest BCUT2D eigenvalue weighted by Gasteiger charge is -2.19. The van der Waals surface area contributed by atoms with Crippen molar-refractivity contribution in [1.82, 2.24) is 14.8 Å². The van der Waals surface area contributed by atoms with Gasteiger partial charge in [-0.25, -0.2) is 0 Å². The van der Waals surface area contributed by atoms with Gasteiger partial charge in [0.25, 0.3) is 0 Å². The quantitative estimate of drug-likeness (QED) is 0.829. The molecule has 7 nitrogen and oxygen atoms in total. The molecule has 0 aliphatic carbocycles. The fraction of sp³-hybridized carbons (Fsp3) is 0.500. The van der Waals surface area contributed by atoms with Crippen LogP contribution in [0.3, 0.4) is 0 Å². The third-order valence-corrected chi connectivity index (χ3v) is 5.62. The molecule has 1 amide bonds. The van der Waals surface area contributed by atoms with Crippen LogP contribution in [0.4, 0.5) is 5.69 Å². The van der Waals surface area contributed by atoms with Gasteiger partial charge in [0.15, 0.2) is 16.7 Å². The SMILES string of the molecule is C[C@@H](Sc1nnc2n1CCCCC2)C(=O)Nc1ccc2c(c1)OCCO2. The number of aryl methyl sites for hydroxylation is 1. The summed E-state index contributed by atoms with van der Waals surface area (Å²) in [7, 11) is 0. The third kappa shape index (κ3) is 3.65. The smallest absolute Gasteiger partial charge is 0.237 e. The first-order valence-electron chi connectivity index (χ1n) is 9.00. The van der Waals surface area contributed by atoms with E-state index in [1.807, 2.05) is 19.1 Å². The van der Waals surface area contributed by atoms with Crippen molar-refractivity contribution < 1.29 is 14.3 Å². The second-order valence-electron chi connectivity index (χ2n) is 6.47. The third-order valence-electron chi connectivity index (χ3n) is 4.54. The molecule has 0 unspecified atom stereocenters. The molecule has 0 saturated carbocycles. The average molecular weight is 374 g/mol. The van der Waals surface area contributed by atoms with E-state index in [0.29, 0.717) is 30.4 Å². The summed E-state index contributed by atoms with van der Waals surface area (Å²) in [5.74, 6) is 2.34. The number of benzene rings is 1. The summed E-state index contributed by atoms with van der Waals surface area (Å²) in [6.07, 6.45) is 4.47. The van der Waals surface area contributed by atoms with Gasteiger partial charge in [0.2, 0.25) is 5.91 Å². The molecule has 0 saturated heterocycles. The van der Waals surface area contributed by atoms with Crippen LogP contribution in [0, 0.1) is 0 Å². The van der Waals surface area contributed by atoms with Crippen molar-refractivity contribution in [2.75, 3.05) is 18.5 Å². The number of fused-ring (bicyclic) bond motifs is 2. The van der Waals surface area contributed by atoms with Crippen LogP contribution >= 0.6 is 11.8 Å².